The van der Waals surface area contributed by atoms with Crippen LogP contribution in [0.1, 0.15) is 38.5 Å². The molecule has 1 spiro atoms. The quantitative estimate of drug-likeness (QED) is 0.645. The van der Waals surface area contributed by atoms with Gasteiger partial charge in [-0.05, 0) is 31.2 Å². The molecule has 0 unspecified atom stereocenters. The summed E-state index contributed by atoms with van der Waals surface area (Å²) in [6.45, 7) is 0.886. The van der Waals surface area contributed by atoms with Crippen molar-refractivity contribution in [2.45, 2.75) is 44.6 Å². The number of hydrogen-bond acceptors (Lipinski definition) is 2. The van der Waals surface area contributed by atoms with E-state index >= 15 is 0 Å². The molecule has 0 amide bonds. The van der Waals surface area contributed by atoms with Crippen molar-refractivity contribution in [3.05, 3.63) is 0 Å². The maximum Gasteiger partial charge on any atom is 0.321 e. The zero-order valence-corrected chi connectivity index (χ0v) is 7.88. The molecule has 0 radical (unpaired) electrons. The van der Waals surface area contributed by atoms with E-state index in [9.17, 15) is 4.79 Å². The van der Waals surface area contributed by atoms with E-state index in [2.05, 4.69) is 5.32 Å². The zero-order valence-electron chi connectivity index (χ0n) is 7.88. The first-order valence-electron chi connectivity index (χ1n) is 5.21. The number of nitrogens with one attached hydrogen (secondary N) is 1. The van der Waals surface area contributed by atoms with Crippen molar-refractivity contribution in [3.63, 3.8) is 0 Å². The van der Waals surface area contributed by atoms with Gasteiger partial charge in [0.15, 0.2) is 0 Å². The maximum atomic E-state index is 11.0. The number of hydrogen-bond donors (Lipinski definition) is 2. The summed E-state index contributed by atoms with van der Waals surface area (Å²) in [6.07, 6.45) is 6.99. The molecule has 74 valence electrons. The van der Waals surface area contributed by atoms with E-state index in [0.29, 0.717) is 0 Å². The van der Waals surface area contributed by atoms with Gasteiger partial charge in [-0.2, -0.15) is 0 Å². The molecule has 2 fully saturated rings. The molecule has 2 aliphatic rings. The molecule has 3 heteroatoms. The molecule has 0 aromatic heterocycles. The minimum atomic E-state index is -0.653. The Hall–Kier alpha value is -0.570. The first kappa shape index (κ1) is 9.00. The van der Waals surface area contributed by atoms with Crippen LogP contribution in [0.4, 0.5) is 0 Å². The van der Waals surface area contributed by atoms with Gasteiger partial charge in [-0.15, -0.1) is 0 Å². The molecule has 1 atom stereocenters. The van der Waals surface area contributed by atoms with E-state index in [1.54, 1.807) is 0 Å². The van der Waals surface area contributed by atoms with E-state index in [1.165, 1.54) is 19.3 Å². The van der Waals surface area contributed by atoms with Crippen molar-refractivity contribution in [2.75, 3.05) is 6.54 Å². The summed E-state index contributed by atoms with van der Waals surface area (Å²) in [5, 5.41) is 12.2. The first-order chi connectivity index (χ1) is 6.25. The Morgan fingerprint density at radius 3 is 2.54 bits per heavy atom. The highest BCUT2D eigenvalue weighted by Gasteiger charge is 2.46. The highest BCUT2D eigenvalue weighted by atomic mass is 16.4. The maximum absolute atomic E-state index is 11.0. The molecule has 1 saturated heterocycles. The Morgan fingerprint density at radius 2 is 1.92 bits per heavy atom. The number of rotatable bonds is 1. The Labute approximate surface area is 78.5 Å². The Balaban J connectivity index is 2.13. The number of carbonyl (C=O) groups is 1. The molecule has 1 aliphatic heterocycles. The summed E-state index contributed by atoms with van der Waals surface area (Å²) < 4.78 is 0. The molecule has 0 bridgehead atoms. The van der Waals surface area contributed by atoms with Crippen molar-refractivity contribution in [1.82, 2.24) is 5.32 Å². The molecule has 1 aliphatic carbocycles. The summed E-state index contributed by atoms with van der Waals surface area (Å²) in [6, 6.07) is -0.271. The minimum Gasteiger partial charge on any atom is -0.480 e. The van der Waals surface area contributed by atoms with Crippen LogP contribution in [0.5, 0.6) is 0 Å². The average Bonchev–Trinajstić information content (AvgIpc) is 2.50. The van der Waals surface area contributed by atoms with Crippen molar-refractivity contribution >= 4 is 5.97 Å². The van der Waals surface area contributed by atoms with Gasteiger partial charge < -0.3 is 10.4 Å². The number of carboxylic acid groups (broad SMARTS) is 1. The van der Waals surface area contributed by atoms with Crippen LogP contribution in [-0.2, 0) is 4.79 Å². The van der Waals surface area contributed by atoms with Gasteiger partial charge in [-0.25, -0.2) is 0 Å². The summed E-state index contributed by atoms with van der Waals surface area (Å²) in [5.41, 5.74) is 0.101. The standard InChI is InChI=1S/C10H17NO2/c12-9(13)8-10(6-7-11-8)4-2-1-3-5-10/h8,11H,1-7H2,(H,12,13)/t8-/m1/s1. The lowest BCUT2D eigenvalue weighted by molar-refractivity contribution is -0.142. The fraction of sp³-hybridized carbons (Fsp3) is 0.900. The molecular formula is C10H17NO2. The molecule has 2 N–H and O–H groups in total. The van der Waals surface area contributed by atoms with Crippen LogP contribution in [0, 0.1) is 5.41 Å². The van der Waals surface area contributed by atoms with E-state index in [0.717, 1.165) is 25.8 Å². The Morgan fingerprint density at radius 1 is 1.23 bits per heavy atom. The van der Waals surface area contributed by atoms with Gasteiger partial charge in [0.1, 0.15) is 6.04 Å². The zero-order chi connectivity index (χ0) is 9.31. The van der Waals surface area contributed by atoms with Crippen LogP contribution < -0.4 is 5.32 Å². The third-order valence-corrected chi connectivity index (χ3v) is 3.68. The number of carboxylic acids is 1. The van der Waals surface area contributed by atoms with Gasteiger partial charge in [-0.1, -0.05) is 19.3 Å². The molecule has 0 aromatic carbocycles. The lowest BCUT2D eigenvalue weighted by Gasteiger charge is -2.36. The van der Waals surface area contributed by atoms with Crippen LogP contribution in [0.2, 0.25) is 0 Å². The molecule has 13 heavy (non-hydrogen) atoms. The fourth-order valence-electron chi connectivity index (χ4n) is 2.97. The molecule has 1 heterocycles. The van der Waals surface area contributed by atoms with Crippen molar-refractivity contribution in [2.24, 2.45) is 5.41 Å². The van der Waals surface area contributed by atoms with E-state index in [4.69, 9.17) is 5.11 Å². The molecule has 2 rings (SSSR count). The van der Waals surface area contributed by atoms with Gasteiger partial charge in [0, 0.05) is 0 Å². The summed E-state index contributed by atoms with van der Waals surface area (Å²) in [5.74, 6) is -0.653. The third-order valence-electron chi connectivity index (χ3n) is 3.68. The van der Waals surface area contributed by atoms with Crippen LogP contribution in [0.15, 0.2) is 0 Å². The van der Waals surface area contributed by atoms with E-state index in [-0.39, 0.29) is 11.5 Å². The molecule has 0 aromatic rings. The topological polar surface area (TPSA) is 49.3 Å². The van der Waals surface area contributed by atoms with E-state index < -0.39 is 5.97 Å². The van der Waals surface area contributed by atoms with Gasteiger partial charge in [0.2, 0.25) is 0 Å². The summed E-state index contributed by atoms with van der Waals surface area (Å²) in [7, 11) is 0. The minimum absolute atomic E-state index is 0.101. The Kier molecular flexibility index (Phi) is 2.28. The highest BCUT2D eigenvalue weighted by Crippen LogP contribution is 2.44. The van der Waals surface area contributed by atoms with Crippen molar-refractivity contribution < 1.29 is 9.90 Å². The molecular weight excluding hydrogens is 166 g/mol. The van der Waals surface area contributed by atoms with E-state index in [1.807, 2.05) is 0 Å². The smallest absolute Gasteiger partial charge is 0.321 e. The lowest BCUT2D eigenvalue weighted by Crippen LogP contribution is -2.44. The molecule has 3 nitrogen and oxygen atoms in total. The van der Waals surface area contributed by atoms with Crippen molar-refractivity contribution in [1.29, 1.82) is 0 Å². The summed E-state index contributed by atoms with van der Waals surface area (Å²) >= 11 is 0. The average molecular weight is 183 g/mol. The predicted octanol–water partition coefficient (Wildman–Crippen LogP) is 1.38. The van der Waals surface area contributed by atoms with Gasteiger partial charge in [0.05, 0.1) is 0 Å². The van der Waals surface area contributed by atoms with Crippen molar-refractivity contribution in [3.8, 4) is 0 Å². The normalized spacial score (nSPS) is 32.2. The lowest BCUT2D eigenvalue weighted by atomic mass is 9.69. The third kappa shape index (κ3) is 1.46. The molecule has 1 saturated carbocycles. The van der Waals surface area contributed by atoms with Gasteiger partial charge in [0.25, 0.3) is 0 Å². The predicted molar refractivity (Wildman–Crippen MR) is 49.6 cm³/mol. The van der Waals surface area contributed by atoms with Crippen LogP contribution >= 0.6 is 0 Å². The monoisotopic (exact) mass is 183 g/mol. The summed E-state index contributed by atoms with van der Waals surface area (Å²) in [4.78, 5) is 11.0. The second-order valence-electron chi connectivity index (χ2n) is 4.40. The Bertz CT molecular complexity index is 209. The second kappa shape index (κ2) is 3.29. The first-order valence-corrected chi connectivity index (χ1v) is 5.21. The largest absolute Gasteiger partial charge is 0.480 e. The van der Waals surface area contributed by atoms with Crippen LogP contribution in [0.3, 0.4) is 0 Å². The fourth-order valence-corrected chi connectivity index (χ4v) is 2.97. The number of aliphatic carboxylic acids is 1. The van der Waals surface area contributed by atoms with Gasteiger partial charge >= 0.3 is 5.97 Å². The highest BCUT2D eigenvalue weighted by molar-refractivity contribution is 5.75. The SMILES string of the molecule is O=C(O)[C@H]1NCCC12CCCCC2. The second-order valence-corrected chi connectivity index (χ2v) is 4.40. The van der Waals surface area contributed by atoms with Gasteiger partial charge in [-0.3, -0.25) is 4.79 Å². The van der Waals surface area contributed by atoms with Crippen LogP contribution in [0.25, 0.3) is 0 Å². The van der Waals surface area contributed by atoms with Crippen LogP contribution in [-0.4, -0.2) is 23.7 Å².